The summed E-state index contributed by atoms with van der Waals surface area (Å²) in [4.78, 5) is 97.0. The molecule has 0 radical (unpaired) electrons. The lowest BCUT2D eigenvalue weighted by Crippen LogP contribution is -3.00. The quantitative estimate of drug-likeness (QED) is 0.0255. The maximum Gasteiger partial charge on any atom is 0.313 e. The van der Waals surface area contributed by atoms with Crippen LogP contribution in [0.2, 0.25) is 0 Å². The SMILES string of the molecule is C#CCNC(=O)c1cc(C[N+]2(CC(=O)NC(CCc3ccccc3)C(=O)NC(CC(C)C)C(=O)NC(Cc3ccccc3)C(=O)NC(CC(C)C)C(=O)[C@@]3(C)CO3)CCOCC2)ccc1OC(=O)C(C)C.[Br-]. The Morgan fingerprint density at radius 3 is 1.86 bits per heavy atom. The summed E-state index contributed by atoms with van der Waals surface area (Å²) < 4.78 is 17.0. The molecule has 2 saturated heterocycles. The van der Waals surface area contributed by atoms with E-state index in [0.717, 1.165) is 11.1 Å². The lowest BCUT2D eigenvalue weighted by molar-refractivity contribution is -0.940. The van der Waals surface area contributed by atoms with Crippen molar-refractivity contribution < 1.29 is 69.2 Å². The van der Waals surface area contributed by atoms with Crippen LogP contribution in [0.4, 0.5) is 0 Å². The number of esters is 1. The zero-order valence-electron chi connectivity index (χ0n) is 42.7. The molecule has 0 aromatic heterocycles. The van der Waals surface area contributed by atoms with E-state index in [2.05, 4.69) is 32.5 Å². The average Bonchev–Trinajstić information content (AvgIpc) is 4.09. The predicted octanol–water partition coefficient (Wildman–Crippen LogP) is 1.23. The van der Waals surface area contributed by atoms with Gasteiger partial charge in [-0.15, -0.1) is 6.42 Å². The Bertz CT molecular complexity index is 2360. The molecule has 5 rings (SSSR count). The second-order valence-corrected chi connectivity index (χ2v) is 20.2. The number of ether oxygens (including phenoxy) is 3. The number of nitrogens with zero attached hydrogens (tertiary/aromatic N) is 1. The zero-order chi connectivity index (χ0) is 51.7. The molecule has 2 aliphatic heterocycles. The standard InChI is InChI=1S/C55H72N6O10.BrH/c1-9-24-56-50(64)42-31-41(21-23-47(42)71-54(68)38(6)7)33-61(25-27-69-28-26-61)34-48(62)57-43(22-20-39-16-12-10-13-17-39)51(65)59-45(30-37(4)5)52(66)60-46(32-40-18-14-11-15-19-40)53(67)58-44(29-36(2)3)49(63)55(8)35-70-55;/h1,10-19,21,23,31,36-38,43-46H,20,22,24-30,32-35H2,2-8H3,(H4-,56,57,58,59,60,62,64,65,66,67);1H/t43?,44?,45?,46?,55-;/m1./s1. The van der Waals surface area contributed by atoms with E-state index in [-0.39, 0.29) is 89.4 Å². The topological polar surface area (TPSA) is 211 Å². The van der Waals surface area contributed by atoms with Crippen LogP contribution in [0.1, 0.15) is 94.8 Å². The third-order valence-corrected chi connectivity index (χ3v) is 12.6. The van der Waals surface area contributed by atoms with E-state index in [4.69, 9.17) is 20.6 Å². The number of rotatable bonds is 26. The second kappa shape index (κ2) is 27.8. The maximum absolute atomic E-state index is 14.6. The molecule has 3 aromatic carbocycles. The number of aryl methyl sites for hydroxylation is 1. The van der Waals surface area contributed by atoms with Crippen molar-refractivity contribution in [1.82, 2.24) is 26.6 Å². The highest BCUT2D eigenvalue weighted by atomic mass is 79.9. The van der Waals surface area contributed by atoms with Gasteiger partial charge in [-0.25, -0.2) is 0 Å². The summed E-state index contributed by atoms with van der Waals surface area (Å²) in [6.45, 7) is 15.0. The number of nitrogens with one attached hydrogen (secondary N) is 5. The zero-order valence-corrected chi connectivity index (χ0v) is 44.3. The third-order valence-electron chi connectivity index (χ3n) is 12.6. The van der Waals surface area contributed by atoms with Gasteiger partial charge < -0.3 is 62.3 Å². The minimum absolute atomic E-state index is 0. The number of quaternary nitrogens is 1. The molecule has 2 aliphatic rings. The second-order valence-electron chi connectivity index (χ2n) is 20.2. The van der Waals surface area contributed by atoms with Crippen LogP contribution in [0.25, 0.3) is 0 Å². The average molecular weight is 1060 g/mol. The van der Waals surface area contributed by atoms with Gasteiger partial charge in [0.05, 0.1) is 43.9 Å². The van der Waals surface area contributed by atoms with Gasteiger partial charge >= 0.3 is 5.97 Å². The van der Waals surface area contributed by atoms with E-state index in [0.29, 0.717) is 51.3 Å². The van der Waals surface area contributed by atoms with Crippen molar-refractivity contribution in [3.05, 3.63) is 101 Å². The van der Waals surface area contributed by atoms with E-state index in [1.165, 1.54) is 0 Å². The molecular formula is C55H73BrN6O10. The summed E-state index contributed by atoms with van der Waals surface area (Å²) in [6.07, 6.45) is 6.78. The Kier molecular flexibility index (Phi) is 22.6. The van der Waals surface area contributed by atoms with Gasteiger partial charge in [-0.3, -0.25) is 33.6 Å². The molecule has 17 heteroatoms. The van der Waals surface area contributed by atoms with E-state index in [1.807, 2.05) is 88.4 Å². The molecule has 5 N–H and O–H groups in total. The molecule has 3 aromatic rings. The van der Waals surface area contributed by atoms with Gasteiger partial charge in [0.25, 0.3) is 11.8 Å². The van der Waals surface area contributed by atoms with Crippen LogP contribution in [0, 0.1) is 30.1 Å². The smallest absolute Gasteiger partial charge is 0.313 e. The van der Waals surface area contributed by atoms with Gasteiger partial charge in [0.1, 0.15) is 49.1 Å². The van der Waals surface area contributed by atoms with Crippen LogP contribution in [-0.2, 0) is 57.6 Å². The van der Waals surface area contributed by atoms with Crippen molar-refractivity contribution in [3.8, 4) is 18.1 Å². The summed E-state index contributed by atoms with van der Waals surface area (Å²) in [6, 6.07) is 19.6. The van der Waals surface area contributed by atoms with Crippen LogP contribution < -0.4 is 48.3 Å². The van der Waals surface area contributed by atoms with Crippen molar-refractivity contribution in [2.75, 3.05) is 46.0 Å². The number of hydrogen-bond acceptors (Lipinski definition) is 10. The summed E-state index contributed by atoms with van der Waals surface area (Å²) in [5.41, 5.74) is 1.57. The summed E-state index contributed by atoms with van der Waals surface area (Å²) >= 11 is 0. The van der Waals surface area contributed by atoms with E-state index in [1.54, 1.807) is 39.0 Å². The van der Waals surface area contributed by atoms with Crippen molar-refractivity contribution in [3.63, 3.8) is 0 Å². The Balaban J connectivity index is 0.0000112. The molecule has 0 aliphatic carbocycles. The molecule has 2 fully saturated rings. The minimum atomic E-state index is -1.10. The molecule has 72 heavy (non-hydrogen) atoms. The number of ketones is 1. The van der Waals surface area contributed by atoms with Crippen LogP contribution in [0.5, 0.6) is 5.75 Å². The number of hydrogen-bond donors (Lipinski definition) is 5. The fourth-order valence-corrected chi connectivity index (χ4v) is 8.55. The maximum atomic E-state index is 14.6. The molecule has 5 atom stereocenters. The monoisotopic (exact) mass is 1060 g/mol. The Morgan fingerprint density at radius 1 is 0.722 bits per heavy atom. The van der Waals surface area contributed by atoms with Gasteiger partial charge in [0.15, 0.2) is 12.3 Å². The normalized spacial score (nSPS) is 17.5. The molecule has 0 bridgehead atoms. The van der Waals surface area contributed by atoms with Gasteiger partial charge in [-0.2, -0.15) is 0 Å². The molecular weight excluding hydrogens is 985 g/mol. The number of carbonyl (C=O) groups excluding carboxylic acids is 7. The Morgan fingerprint density at radius 2 is 1.28 bits per heavy atom. The molecule has 2 heterocycles. The fourth-order valence-electron chi connectivity index (χ4n) is 8.55. The van der Waals surface area contributed by atoms with Crippen molar-refractivity contribution in [2.45, 2.75) is 117 Å². The van der Waals surface area contributed by atoms with E-state index >= 15 is 0 Å². The molecule has 0 saturated carbocycles. The number of halogens is 1. The highest BCUT2D eigenvalue weighted by Crippen LogP contribution is 2.30. The van der Waals surface area contributed by atoms with Gasteiger partial charge in [0.2, 0.25) is 17.7 Å². The summed E-state index contributed by atoms with van der Waals surface area (Å²) in [7, 11) is 0. The molecule has 5 amide bonds. The first-order valence-corrected chi connectivity index (χ1v) is 24.8. The molecule has 16 nitrogen and oxygen atoms in total. The predicted molar refractivity (Wildman–Crippen MR) is 268 cm³/mol. The number of terminal acetylenes is 1. The van der Waals surface area contributed by atoms with Crippen LogP contribution in [0.3, 0.4) is 0 Å². The van der Waals surface area contributed by atoms with Crippen molar-refractivity contribution in [1.29, 1.82) is 0 Å². The number of amides is 5. The first kappa shape index (κ1) is 58.6. The molecule has 0 spiro atoms. The number of benzene rings is 3. The Labute approximate surface area is 435 Å². The van der Waals surface area contributed by atoms with Gasteiger partial charge in [-0.1, -0.05) is 108 Å². The third kappa shape index (κ3) is 18.0. The Hall–Kier alpha value is -5.93. The minimum Gasteiger partial charge on any atom is -1.00 e. The van der Waals surface area contributed by atoms with Crippen LogP contribution in [0.15, 0.2) is 78.9 Å². The fraction of sp³-hybridized carbons (Fsp3) is 0.509. The van der Waals surface area contributed by atoms with Crippen LogP contribution in [-0.4, -0.2) is 122 Å². The van der Waals surface area contributed by atoms with E-state index in [9.17, 15) is 33.6 Å². The highest BCUT2D eigenvalue weighted by Gasteiger charge is 2.50. The van der Waals surface area contributed by atoms with Crippen molar-refractivity contribution >= 4 is 41.3 Å². The van der Waals surface area contributed by atoms with E-state index < -0.39 is 71.2 Å². The van der Waals surface area contributed by atoms with Crippen LogP contribution >= 0.6 is 0 Å². The summed E-state index contributed by atoms with van der Waals surface area (Å²) in [5, 5.41) is 14.4. The molecule has 4 unspecified atom stereocenters. The highest BCUT2D eigenvalue weighted by molar-refractivity contribution is 5.99. The number of Topliss-reactive ketones (excluding diaryl/α,β-unsaturated/α-hetero) is 1. The number of morpholine rings is 1. The number of carbonyl (C=O) groups is 7. The lowest BCUT2D eigenvalue weighted by atomic mass is 9.93. The molecule has 390 valence electrons. The summed E-state index contributed by atoms with van der Waals surface area (Å²) in [5.74, 6) is -1.32. The lowest BCUT2D eigenvalue weighted by Gasteiger charge is -2.41. The largest absolute Gasteiger partial charge is 1.00 e. The first-order chi connectivity index (χ1) is 33.8. The van der Waals surface area contributed by atoms with Crippen molar-refractivity contribution in [2.24, 2.45) is 17.8 Å². The number of epoxide rings is 1. The van der Waals surface area contributed by atoms with Gasteiger partial charge in [0, 0.05) is 12.0 Å². The van der Waals surface area contributed by atoms with Gasteiger partial charge in [-0.05, 0) is 73.8 Å². The first-order valence-electron chi connectivity index (χ1n) is 24.8.